The van der Waals surface area contributed by atoms with Crippen molar-refractivity contribution in [2.45, 2.75) is 26.3 Å². The molecule has 3 aromatic rings. The van der Waals surface area contributed by atoms with Gasteiger partial charge in [-0.05, 0) is 29.7 Å². The number of fused-ring (bicyclic) bond motifs is 1. The molecule has 0 N–H and O–H groups in total. The predicted octanol–water partition coefficient (Wildman–Crippen LogP) is 4.12. The fraction of sp³-hybridized carbons (Fsp3) is 0.200. The van der Waals surface area contributed by atoms with E-state index in [4.69, 9.17) is 0 Å². The van der Waals surface area contributed by atoms with Crippen LogP contribution in [-0.2, 0) is 24.2 Å². The van der Waals surface area contributed by atoms with Crippen LogP contribution in [0.5, 0.6) is 0 Å². The molecule has 0 bridgehead atoms. The molecule has 0 unspecified atom stereocenters. The van der Waals surface area contributed by atoms with Gasteiger partial charge in [0.15, 0.2) is 4.80 Å². The minimum Gasteiger partial charge on any atom is -0.313 e. The van der Waals surface area contributed by atoms with Crippen molar-refractivity contribution in [3.8, 4) is 0 Å². The van der Waals surface area contributed by atoms with Crippen molar-refractivity contribution in [1.29, 1.82) is 0 Å². The van der Waals surface area contributed by atoms with E-state index in [2.05, 4.69) is 41.3 Å². The number of aryl methyl sites for hydroxylation is 1. The van der Waals surface area contributed by atoms with Crippen molar-refractivity contribution in [3.63, 3.8) is 0 Å². The Balaban J connectivity index is 2.01. The molecular formula is C20H20N2OS. The third kappa shape index (κ3) is 3.54. The summed E-state index contributed by atoms with van der Waals surface area (Å²) in [4.78, 5) is 17.4. The maximum absolute atomic E-state index is 12.3. The van der Waals surface area contributed by atoms with Gasteiger partial charge in [-0.15, -0.1) is 6.58 Å². The third-order valence-electron chi connectivity index (χ3n) is 3.89. The van der Waals surface area contributed by atoms with E-state index >= 15 is 0 Å². The Labute approximate surface area is 145 Å². The van der Waals surface area contributed by atoms with Crippen molar-refractivity contribution in [1.82, 2.24) is 4.57 Å². The minimum absolute atomic E-state index is 0.124. The van der Waals surface area contributed by atoms with Gasteiger partial charge >= 0.3 is 0 Å². The monoisotopic (exact) mass is 336 g/mol. The molecule has 3 rings (SSSR count). The number of aromatic nitrogens is 1. The van der Waals surface area contributed by atoms with E-state index in [1.807, 2.05) is 36.4 Å². The number of allylic oxidation sites excluding steroid dienone is 1. The summed E-state index contributed by atoms with van der Waals surface area (Å²) in [5.41, 5.74) is 3.37. The summed E-state index contributed by atoms with van der Waals surface area (Å²) in [6.45, 7) is 6.60. The van der Waals surface area contributed by atoms with Crippen LogP contribution in [0.2, 0.25) is 0 Å². The molecule has 0 aliphatic heterocycles. The Hall–Kier alpha value is -2.46. The van der Waals surface area contributed by atoms with Crippen LogP contribution in [0.25, 0.3) is 10.2 Å². The second-order valence-corrected chi connectivity index (χ2v) is 6.62. The second-order valence-electron chi connectivity index (χ2n) is 5.61. The lowest BCUT2D eigenvalue weighted by Gasteiger charge is -2.02. The lowest BCUT2D eigenvalue weighted by Crippen LogP contribution is -2.16. The zero-order valence-electron chi connectivity index (χ0n) is 13.7. The van der Waals surface area contributed by atoms with Crippen LogP contribution < -0.4 is 4.80 Å². The maximum Gasteiger partial charge on any atom is 0.252 e. The van der Waals surface area contributed by atoms with E-state index in [9.17, 15) is 4.79 Å². The molecule has 4 heteroatoms. The molecule has 0 aliphatic carbocycles. The maximum atomic E-state index is 12.3. The van der Waals surface area contributed by atoms with Crippen molar-refractivity contribution < 1.29 is 4.79 Å². The van der Waals surface area contributed by atoms with E-state index in [0.717, 1.165) is 27.0 Å². The molecule has 1 amide bonds. The number of hydrogen-bond donors (Lipinski definition) is 0. The Morgan fingerprint density at radius 2 is 2.00 bits per heavy atom. The number of amides is 1. The molecule has 2 aromatic carbocycles. The fourth-order valence-corrected chi connectivity index (χ4v) is 3.77. The first-order chi connectivity index (χ1) is 11.7. The Morgan fingerprint density at radius 1 is 1.21 bits per heavy atom. The largest absolute Gasteiger partial charge is 0.313 e. The topological polar surface area (TPSA) is 34.4 Å². The molecule has 0 saturated heterocycles. The van der Waals surface area contributed by atoms with Crippen molar-refractivity contribution >= 4 is 27.5 Å². The summed E-state index contributed by atoms with van der Waals surface area (Å²) >= 11 is 1.56. The molecule has 0 aliphatic rings. The number of rotatable bonds is 5. The van der Waals surface area contributed by atoms with Gasteiger partial charge in [-0.25, -0.2) is 0 Å². The predicted molar refractivity (Wildman–Crippen MR) is 100 cm³/mol. The zero-order chi connectivity index (χ0) is 16.9. The van der Waals surface area contributed by atoms with E-state index in [1.54, 1.807) is 11.3 Å². The lowest BCUT2D eigenvalue weighted by atomic mass is 10.1. The van der Waals surface area contributed by atoms with E-state index in [0.29, 0.717) is 13.0 Å². The molecule has 1 aromatic heterocycles. The molecule has 0 radical (unpaired) electrons. The second kappa shape index (κ2) is 7.41. The zero-order valence-corrected chi connectivity index (χ0v) is 14.6. The number of benzene rings is 2. The van der Waals surface area contributed by atoms with E-state index in [-0.39, 0.29) is 5.91 Å². The highest BCUT2D eigenvalue weighted by Gasteiger charge is 2.08. The smallest absolute Gasteiger partial charge is 0.252 e. The van der Waals surface area contributed by atoms with Crippen molar-refractivity contribution in [3.05, 3.63) is 77.1 Å². The van der Waals surface area contributed by atoms with Crippen LogP contribution >= 0.6 is 11.3 Å². The van der Waals surface area contributed by atoms with E-state index in [1.165, 1.54) is 5.56 Å². The minimum atomic E-state index is -0.124. The summed E-state index contributed by atoms with van der Waals surface area (Å²) in [6.07, 6.45) is 3.15. The fourth-order valence-electron chi connectivity index (χ4n) is 2.65. The number of thiazole rings is 1. The van der Waals surface area contributed by atoms with Gasteiger partial charge in [-0.1, -0.05) is 60.7 Å². The highest BCUT2D eigenvalue weighted by Crippen LogP contribution is 2.19. The molecule has 24 heavy (non-hydrogen) atoms. The average Bonchev–Trinajstić information content (AvgIpc) is 2.92. The van der Waals surface area contributed by atoms with Crippen LogP contribution in [0.15, 0.2) is 66.2 Å². The normalized spacial score (nSPS) is 11.8. The molecule has 0 atom stereocenters. The lowest BCUT2D eigenvalue weighted by molar-refractivity contribution is -0.117. The Morgan fingerprint density at radius 3 is 2.71 bits per heavy atom. The summed E-state index contributed by atoms with van der Waals surface area (Å²) in [5, 5.41) is 0. The van der Waals surface area contributed by atoms with Gasteiger partial charge in [-0.2, -0.15) is 4.99 Å². The first-order valence-corrected chi connectivity index (χ1v) is 8.87. The summed E-state index contributed by atoms with van der Waals surface area (Å²) in [7, 11) is 0. The van der Waals surface area contributed by atoms with Gasteiger partial charge in [-0.3, -0.25) is 4.79 Å². The quantitative estimate of drug-likeness (QED) is 0.645. The van der Waals surface area contributed by atoms with Gasteiger partial charge in [0.2, 0.25) is 0 Å². The summed E-state index contributed by atoms with van der Waals surface area (Å²) in [6, 6.07) is 16.1. The SMILES string of the molecule is C=CCn1c(=NC(=O)Cc2ccccc2)sc2cc(CC)ccc21. The van der Waals surface area contributed by atoms with Gasteiger partial charge < -0.3 is 4.57 Å². The number of carbonyl (C=O) groups is 1. The number of nitrogens with zero attached hydrogens (tertiary/aromatic N) is 2. The molecule has 0 spiro atoms. The molecule has 0 fully saturated rings. The first kappa shape index (κ1) is 16.4. The van der Waals surface area contributed by atoms with Crippen LogP contribution in [0.3, 0.4) is 0 Å². The third-order valence-corrected chi connectivity index (χ3v) is 4.93. The van der Waals surface area contributed by atoms with Gasteiger partial charge in [0.05, 0.1) is 16.6 Å². The molecule has 1 heterocycles. The summed E-state index contributed by atoms with van der Waals surface area (Å²) < 4.78 is 3.21. The molecule has 0 saturated carbocycles. The van der Waals surface area contributed by atoms with Crippen LogP contribution in [-0.4, -0.2) is 10.5 Å². The van der Waals surface area contributed by atoms with Crippen LogP contribution in [0.1, 0.15) is 18.1 Å². The highest BCUT2D eigenvalue weighted by atomic mass is 32.1. The number of hydrogen-bond acceptors (Lipinski definition) is 2. The Kier molecular flexibility index (Phi) is 5.06. The van der Waals surface area contributed by atoms with Gasteiger partial charge in [0.25, 0.3) is 5.91 Å². The van der Waals surface area contributed by atoms with Gasteiger partial charge in [0.1, 0.15) is 0 Å². The highest BCUT2D eigenvalue weighted by molar-refractivity contribution is 7.16. The van der Waals surface area contributed by atoms with Gasteiger partial charge in [0, 0.05) is 6.54 Å². The van der Waals surface area contributed by atoms with E-state index < -0.39 is 0 Å². The van der Waals surface area contributed by atoms with Crippen molar-refractivity contribution in [2.75, 3.05) is 0 Å². The molecular weight excluding hydrogens is 316 g/mol. The average molecular weight is 336 g/mol. The van der Waals surface area contributed by atoms with Crippen LogP contribution in [0, 0.1) is 0 Å². The molecule has 122 valence electrons. The standard InChI is InChI=1S/C20H20N2OS/c1-3-12-22-17-11-10-15(4-2)13-18(17)24-20(22)21-19(23)14-16-8-6-5-7-9-16/h3,5-11,13H,1,4,12,14H2,2H3. The molecule has 3 nitrogen and oxygen atoms in total. The Bertz CT molecular complexity index is 935. The first-order valence-electron chi connectivity index (χ1n) is 8.06. The van der Waals surface area contributed by atoms with Crippen molar-refractivity contribution in [2.24, 2.45) is 4.99 Å². The summed E-state index contributed by atoms with van der Waals surface area (Å²) in [5.74, 6) is -0.124. The van der Waals surface area contributed by atoms with Crippen LogP contribution in [0.4, 0.5) is 0 Å². The number of carbonyl (C=O) groups excluding carboxylic acids is 1.